The fourth-order valence-corrected chi connectivity index (χ4v) is 2.82. The Morgan fingerprint density at radius 3 is 2.45 bits per heavy atom. The SMILES string of the molecule is COc1cc(C)ccc1NS(=O)(=O)C=Cc1ccc(Cl)cc1. The van der Waals surface area contributed by atoms with Gasteiger partial charge in [0, 0.05) is 5.02 Å². The van der Waals surface area contributed by atoms with E-state index in [4.69, 9.17) is 16.3 Å². The van der Waals surface area contributed by atoms with Gasteiger partial charge < -0.3 is 4.74 Å². The second-order valence-corrected chi connectivity index (χ2v) is 6.71. The highest BCUT2D eigenvalue weighted by atomic mass is 35.5. The van der Waals surface area contributed by atoms with E-state index in [0.717, 1.165) is 16.5 Å². The minimum Gasteiger partial charge on any atom is -0.495 e. The summed E-state index contributed by atoms with van der Waals surface area (Å²) in [6, 6.07) is 12.1. The maximum absolute atomic E-state index is 12.1. The lowest BCUT2D eigenvalue weighted by molar-refractivity contribution is 0.416. The summed E-state index contributed by atoms with van der Waals surface area (Å²) in [7, 11) is -2.14. The van der Waals surface area contributed by atoms with Crippen LogP contribution in [0, 0.1) is 6.92 Å². The Labute approximate surface area is 135 Å². The van der Waals surface area contributed by atoms with Gasteiger partial charge in [0.25, 0.3) is 10.0 Å². The Balaban J connectivity index is 2.19. The van der Waals surface area contributed by atoms with Gasteiger partial charge in [-0.1, -0.05) is 29.8 Å². The van der Waals surface area contributed by atoms with Crippen molar-refractivity contribution < 1.29 is 13.2 Å². The monoisotopic (exact) mass is 337 g/mol. The largest absolute Gasteiger partial charge is 0.495 e. The number of hydrogen-bond acceptors (Lipinski definition) is 3. The van der Waals surface area contributed by atoms with Crippen molar-refractivity contribution in [1.82, 2.24) is 0 Å². The number of nitrogens with one attached hydrogen (secondary N) is 1. The van der Waals surface area contributed by atoms with E-state index in [0.29, 0.717) is 16.5 Å². The van der Waals surface area contributed by atoms with E-state index < -0.39 is 10.0 Å². The first-order chi connectivity index (χ1) is 10.4. The van der Waals surface area contributed by atoms with E-state index in [9.17, 15) is 8.42 Å². The van der Waals surface area contributed by atoms with Gasteiger partial charge in [-0.3, -0.25) is 4.72 Å². The summed E-state index contributed by atoms with van der Waals surface area (Å²) in [5.41, 5.74) is 2.12. The van der Waals surface area contributed by atoms with Crippen LogP contribution in [0.5, 0.6) is 5.75 Å². The van der Waals surface area contributed by atoms with E-state index >= 15 is 0 Å². The third-order valence-electron chi connectivity index (χ3n) is 2.92. The average Bonchev–Trinajstić information content (AvgIpc) is 2.48. The number of halogens is 1. The van der Waals surface area contributed by atoms with Crippen molar-refractivity contribution in [2.45, 2.75) is 6.92 Å². The normalized spacial score (nSPS) is 11.6. The molecule has 0 amide bonds. The van der Waals surface area contributed by atoms with Crippen LogP contribution in [-0.2, 0) is 10.0 Å². The van der Waals surface area contributed by atoms with Crippen LogP contribution in [-0.4, -0.2) is 15.5 Å². The number of aryl methyl sites for hydroxylation is 1. The molecule has 0 saturated heterocycles. The highest BCUT2D eigenvalue weighted by Crippen LogP contribution is 2.26. The van der Waals surface area contributed by atoms with Crippen LogP contribution in [0.4, 0.5) is 5.69 Å². The summed E-state index contributed by atoms with van der Waals surface area (Å²) in [5.74, 6) is 0.475. The lowest BCUT2D eigenvalue weighted by Crippen LogP contribution is -2.09. The predicted molar refractivity (Wildman–Crippen MR) is 90.8 cm³/mol. The molecule has 1 N–H and O–H groups in total. The molecule has 2 aromatic rings. The second kappa shape index (κ2) is 6.85. The summed E-state index contributed by atoms with van der Waals surface area (Å²) in [4.78, 5) is 0. The van der Waals surface area contributed by atoms with Gasteiger partial charge in [0.05, 0.1) is 18.2 Å². The van der Waals surface area contributed by atoms with Gasteiger partial charge in [-0.2, -0.15) is 0 Å². The van der Waals surface area contributed by atoms with Gasteiger partial charge in [0.2, 0.25) is 0 Å². The average molecular weight is 338 g/mol. The third kappa shape index (κ3) is 4.51. The van der Waals surface area contributed by atoms with Crippen molar-refractivity contribution in [1.29, 1.82) is 0 Å². The predicted octanol–water partition coefficient (Wildman–Crippen LogP) is 4.07. The van der Waals surface area contributed by atoms with E-state index in [1.165, 1.54) is 13.2 Å². The van der Waals surface area contributed by atoms with E-state index in [1.807, 2.05) is 13.0 Å². The molecule has 0 aliphatic carbocycles. The molecule has 0 heterocycles. The zero-order chi connectivity index (χ0) is 16.2. The van der Waals surface area contributed by atoms with Crippen molar-refractivity contribution in [3.05, 3.63) is 64.0 Å². The summed E-state index contributed by atoms with van der Waals surface area (Å²) >= 11 is 5.79. The first-order valence-electron chi connectivity index (χ1n) is 6.51. The van der Waals surface area contributed by atoms with Gasteiger partial charge >= 0.3 is 0 Å². The van der Waals surface area contributed by atoms with Crippen molar-refractivity contribution >= 4 is 33.4 Å². The zero-order valence-corrected chi connectivity index (χ0v) is 13.8. The number of ether oxygens (including phenoxy) is 1. The lowest BCUT2D eigenvalue weighted by atomic mass is 10.2. The number of anilines is 1. The maximum Gasteiger partial charge on any atom is 0.255 e. The van der Waals surface area contributed by atoms with Crippen molar-refractivity contribution in [2.75, 3.05) is 11.8 Å². The highest BCUT2D eigenvalue weighted by molar-refractivity contribution is 7.95. The minimum absolute atomic E-state index is 0.397. The maximum atomic E-state index is 12.1. The molecule has 0 unspecified atom stereocenters. The van der Waals surface area contributed by atoms with Gasteiger partial charge in [0.1, 0.15) is 5.75 Å². The van der Waals surface area contributed by atoms with Crippen LogP contribution in [0.3, 0.4) is 0 Å². The fraction of sp³-hybridized carbons (Fsp3) is 0.125. The Hall–Kier alpha value is -1.98. The molecule has 0 atom stereocenters. The second-order valence-electron chi connectivity index (χ2n) is 4.71. The van der Waals surface area contributed by atoms with Gasteiger partial charge in [-0.15, -0.1) is 0 Å². The molecular weight excluding hydrogens is 322 g/mol. The Bertz CT molecular complexity index is 784. The smallest absolute Gasteiger partial charge is 0.255 e. The number of benzene rings is 2. The lowest BCUT2D eigenvalue weighted by Gasteiger charge is -2.10. The van der Waals surface area contributed by atoms with Crippen molar-refractivity contribution in [2.24, 2.45) is 0 Å². The van der Waals surface area contributed by atoms with Crippen molar-refractivity contribution in [3.63, 3.8) is 0 Å². The molecule has 116 valence electrons. The molecule has 0 saturated carbocycles. The molecule has 0 aromatic heterocycles. The van der Waals surface area contributed by atoms with Crippen LogP contribution in [0.15, 0.2) is 47.9 Å². The van der Waals surface area contributed by atoms with Crippen LogP contribution in [0.25, 0.3) is 6.08 Å². The summed E-state index contributed by atoms with van der Waals surface area (Å²) < 4.78 is 31.9. The molecule has 22 heavy (non-hydrogen) atoms. The van der Waals surface area contributed by atoms with Gasteiger partial charge in [0.15, 0.2) is 0 Å². The van der Waals surface area contributed by atoms with E-state index in [-0.39, 0.29) is 0 Å². The molecule has 2 aromatic carbocycles. The minimum atomic E-state index is -3.63. The molecule has 0 aliphatic rings. The van der Waals surface area contributed by atoms with Crippen LogP contribution in [0.1, 0.15) is 11.1 Å². The molecule has 6 heteroatoms. The quantitative estimate of drug-likeness (QED) is 0.894. The van der Waals surface area contributed by atoms with Gasteiger partial charge in [-0.25, -0.2) is 8.42 Å². The third-order valence-corrected chi connectivity index (χ3v) is 4.17. The topological polar surface area (TPSA) is 55.4 Å². The summed E-state index contributed by atoms with van der Waals surface area (Å²) in [6.07, 6.45) is 1.50. The Kier molecular flexibility index (Phi) is 5.11. The zero-order valence-electron chi connectivity index (χ0n) is 12.2. The number of sulfonamides is 1. The fourth-order valence-electron chi connectivity index (χ4n) is 1.81. The van der Waals surface area contributed by atoms with Crippen LogP contribution >= 0.6 is 11.6 Å². The molecule has 0 aliphatic heterocycles. The Morgan fingerprint density at radius 1 is 1.14 bits per heavy atom. The van der Waals surface area contributed by atoms with E-state index in [1.54, 1.807) is 36.4 Å². The number of rotatable bonds is 5. The number of hydrogen-bond donors (Lipinski definition) is 1. The van der Waals surface area contributed by atoms with Crippen molar-refractivity contribution in [3.8, 4) is 5.75 Å². The standard InChI is InChI=1S/C16H16ClNO3S/c1-12-3-8-15(16(11-12)21-2)18-22(19,20)10-9-13-4-6-14(17)7-5-13/h3-11,18H,1-2H3. The highest BCUT2D eigenvalue weighted by Gasteiger charge is 2.10. The number of methoxy groups -OCH3 is 1. The molecule has 0 radical (unpaired) electrons. The van der Waals surface area contributed by atoms with E-state index in [2.05, 4.69) is 4.72 Å². The first kappa shape index (κ1) is 16.4. The summed E-state index contributed by atoms with van der Waals surface area (Å²) in [5, 5.41) is 1.71. The Morgan fingerprint density at radius 2 is 1.82 bits per heavy atom. The van der Waals surface area contributed by atoms with Crippen LogP contribution < -0.4 is 9.46 Å². The molecule has 0 fully saturated rings. The summed E-state index contributed by atoms with van der Waals surface area (Å²) in [6.45, 7) is 1.90. The van der Waals surface area contributed by atoms with Crippen LogP contribution in [0.2, 0.25) is 5.02 Å². The molecule has 4 nitrogen and oxygen atoms in total. The first-order valence-corrected chi connectivity index (χ1v) is 8.43. The molecule has 2 rings (SSSR count). The molecule has 0 bridgehead atoms. The molecular formula is C16H16ClNO3S. The molecule has 0 spiro atoms. The van der Waals surface area contributed by atoms with Gasteiger partial charge in [-0.05, 0) is 48.4 Å².